The van der Waals surface area contributed by atoms with Crippen LogP contribution in [-0.2, 0) is 24.2 Å². The summed E-state index contributed by atoms with van der Waals surface area (Å²) in [5.74, 6) is 2.18. The molecule has 0 atom stereocenters. The third-order valence-corrected chi connectivity index (χ3v) is 8.01. The number of ether oxygens (including phenoxy) is 2. The van der Waals surface area contributed by atoms with E-state index >= 15 is 0 Å². The summed E-state index contributed by atoms with van der Waals surface area (Å²) in [6.07, 6.45) is 4.01. The number of para-hydroxylation sites is 1. The summed E-state index contributed by atoms with van der Waals surface area (Å²) >= 11 is 1.60. The Labute approximate surface area is 229 Å². The number of hydrogen-bond acceptors (Lipinski definition) is 6. The fraction of sp³-hybridized carbons (Fsp3) is 0.194. The maximum Gasteiger partial charge on any atom is 0.263 e. The van der Waals surface area contributed by atoms with Gasteiger partial charge in [-0.1, -0.05) is 30.3 Å². The quantitative estimate of drug-likeness (QED) is 0.258. The van der Waals surface area contributed by atoms with Crippen LogP contribution in [0.2, 0.25) is 0 Å². The minimum Gasteiger partial charge on any atom is -0.497 e. The van der Waals surface area contributed by atoms with E-state index in [1.807, 2.05) is 54.6 Å². The molecule has 6 rings (SSSR count). The number of amides is 1. The molecule has 2 aromatic heterocycles. The molecule has 3 aromatic carbocycles. The van der Waals surface area contributed by atoms with Gasteiger partial charge in [-0.05, 0) is 79.8 Å². The lowest BCUT2D eigenvalue weighted by Gasteiger charge is -2.15. The predicted octanol–water partition coefficient (Wildman–Crippen LogP) is 6.44. The summed E-state index contributed by atoms with van der Waals surface area (Å²) in [5.41, 5.74) is 2.24. The number of nitrogens with zero attached hydrogens (tertiary/aromatic N) is 2. The zero-order chi connectivity index (χ0) is 26.8. The van der Waals surface area contributed by atoms with E-state index in [4.69, 9.17) is 14.5 Å². The van der Waals surface area contributed by atoms with Gasteiger partial charge in [0.15, 0.2) is 0 Å². The molecule has 39 heavy (non-hydrogen) atoms. The zero-order valence-electron chi connectivity index (χ0n) is 21.5. The third kappa shape index (κ3) is 5.15. The van der Waals surface area contributed by atoms with E-state index in [1.165, 1.54) is 9.44 Å². The number of carbonyl (C=O) groups is 1. The molecule has 2 heterocycles. The van der Waals surface area contributed by atoms with E-state index in [2.05, 4.69) is 5.32 Å². The van der Waals surface area contributed by atoms with Gasteiger partial charge in [0.2, 0.25) is 5.91 Å². The number of aryl methyl sites for hydroxylation is 2. The summed E-state index contributed by atoms with van der Waals surface area (Å²) in [6.45, 7) is -0.165. The molecule has 8 heteroatoms. The first-order valence-electron chi connectivity index (χ1n) is 12.9. The monoisotopic (exact) mass is 537 g/mol. The Balaban J connectivity index is 1.31. The smallest absolute Gasteiger partial charge is 0.263 e. The minimum atomic E-state index is -0.316. The van der Waals surface area contributed by atoms with Crippen LogP contribution in [0.15, 0.2) is 83.7 Å². The van der Waals surface area contributed by atoms with Crippen molar-refractivity contribution >= 4 is 33.1 Å². The lowest BCUT2D eigenvalue weighted by Crippen LogP contribution is -2.30. The molecule has 0 bridgehead atoms. The van der Waals surface area contributed by atoms with E-state index < -0.39 is 0 Å². The third-order valence-electron chi connectivity index (χ3n) is 6.82. The lowest BCUT2D eigenvalue weighted by atomic mass is 9.97. The number of anilines is 1. The van der Waals surface area contributed by atoms with Crippen molar-refractivity contribution in [2.45, 2.75) is 32.2 Å². The zero-order valence-corrected chi connectivity index (χ0v) is 22.3. The second-order valence-corrected chi connectivity index (χ2v) is 10.5. The molecule has 0 spiro atoms. The van der Waals surface area contributed by atoms with Gasteiger partial charge in [0.25, 0.3) is 5.56 Å². The van der Waals surface area contributed by atoms with Crippen LogP contribution in [0, 0.1) is 0 Å². The van der Waals surface area contributed by atoms with Gasteiger partial charge in [-0.2, -0.15) is 0 Å². The lowest BCUT2D eigenvalue weighted by molar-refractivity contribution is -0.116. The number of methoxy groups -OCH3 is 1. The van der Waals surface area contributed by atoms with Crippen LogP contribution in [0.4, 0.5) is 5.69 Å². The highest BCUT2D eigenvalue weighted by molar-refractivity contribution is 7.18. The molecular weight excluding hydrogens is 510 g/mol. The van der Waals surface area contributed by atoms with Crippen LogP contribution in [0.5, 0.6) is 17.2 Å². The van der Waals surface area contributed by atoms with E-state index in [9.17, 15) is 9.59 Å². The number of benzene rings is 3. The summed E-state index contributed by atoms with van der Waals surface area (Å²) in [5, 5.41) is 3.56. The van der Waals surface area contributed by atoms with Crippen molar-refractivity contribution in [1.29, 1.82) is 0 Å². The van der Waals surface area contributed by atoms with E-state index in [-0.39, 0.29) is 18.0 Å². The Morgan fingerprint density at radius 2 is 1.69 bits per heavy atom. The standard InChI is InChI=1S/C31H27N3O4S/c1-37-24-11-7-8-20(18-24)29-33-30-28(25-12-5-6-13-26(25)39-30)31(36)34(29)19-27(35)32-21-14-16-23(17-15-21)38-22-9-3-2-4-10-22/h2-4,7-11,14-18H,5-6,12-13,19H2,1H3,(H,32,35). The largest absolute Gasteiger partial charge is 0.497 e. The van der Waals surface area contributed by atoms with Crippen LogP contribution in [0.3, 0.4) is 0 Å². The van der Waals surface area contributed by atoms with Crippen LogP contribution < -0.4 is 20.3 Å². The van der Waals surface area contributed by atoms with E-state index in [1.54, 1.807) is 42.7 Å². The van der Waals surface area contributed by atoms with Gasteiger partial charge in [0, 0.05) is 16.1 Å². The van der Waals surface area contributed by atoms with Crippen molar-refractivity contribution in [2.75, 3.05) is 12.4 Å². The van der Waals surface area contributed by atoms with Gasteiger partial charge < -0.3 is 14.8 Å². The van der Waals surface area contributed by atoms with Crippen molar-refractivity contribution in [3.8, 4) is 28.6 Å². The molecule has 0 unspecified atom stereocenters. The Bertz CT molecular complexity index is 1710. The first-order valence-corrected chi connectivity index (χ1v) is 13.7. The Morgan fingerprint density at radius 3 is 2.49 bits per heavy atom. The maximum atomic E-state index is 13.9. The number of nitrogens with one attached hydrogen (secondary N) is 1. The van der Waals surface area contributed by atoms with Crippen molar-refractivity contribution < 1.29 is 14.3 Å². The number of fused-ring (bicyclic) bond motifs is 3. The first kappa shape index (κ1) is 24.9. The molecule has 1 amide bonds. The summed E-state index contributed by atoms with van der Waals surface area (Å²) in [7, 11) is 1.60. The predicted molar refractivity (Wildman–Crippen MR) is 154 cm³/mol. The first-order chi connectivity index (χ1) is 19.1. The number of hydrogen-bond donors (Lipinski definition) is 1. The van der Waals surface area contributed by atoms with Gasteiger partial charge in [-0.15, -0.1) is 11.3 Å². The Kier molecular flexibility index (Phi) is 6.85. The van der Waals surface area contributed by atoms with E-state index in [0.717, 1.165) is 47.4 Å². The number of carbonyl (C=O) groups excluding carboxylic acids is 1. The normalized spacial score (nSPS) is 12.6. The molecule has 196 valence electrons. The fourth-order valence-electron chi connectivity index (χ4n) is 4.94. The number of rotatable bonds is 7. The van der Waals surface area contributed by atoms with Crippen LogP contribution in [0.1, 0.15) is 23.3 Å². The molecule has 7 nitrogen and oxygen atoms in total. The molecule has 0 fully saturated rings. The minimum absolute atomic E-state index is 0.165. The molecule has 0 radical (unpaired) electrons. The highest BCUT2D eigenvalue weighted by atomic mass is 32.1. The topological polar surface area (TPSA) is 82.5 Å². The average Bonchev–Trinajstić information content (AvgIpc) is 3.35. The van der Waals surface area contributed by atoms with Crippen molar-refractivity contribution in [2.24, 2.45) is 0 Å². The average molecular weight is 538 g/mol. The van der Waals surface area contributed by atoms with Crippen LogP contribution >= 0.6 is 11.3 Å². The Hall–Kier alpha value is -4.43. The summed E-state index contributed by atoms with van der Waals surface area (Å²) in [6, 6.07) is 24.0. The molecule has 5 aromatic rings. The second kappa shape index (κ2) is 10.7. The second-order valence-electron chi connectivity index (χ2n) is 9.44. The SMILES string of the molecule is COc1cccc(-c2nc3sc4c(c3c(=O)n2CC(=O)Nc2ccc(Oc3ccccc3)cc2)CCCC4)c1. The summed E-state index contributed by atoms with van der Waals surface area (Å²) < 4.78 is 12.7. The molecule has 0 saturated carbocycles. The fourth-order valence-corrected chi connectivity index (χ4v) is 6.19. The van der Waals surface area contributed by atoms with Crippen LogP contribution in [-0.4, -0.2) is 22.6 Å². The van der Waals surface area contributed by atoms with Gasteiger partial charge >= 0.3 is 0 Å². The molecule has 1 aliphatic rings. The van der Waals surface area contributed by atoms with Gasteiger partial charge in [0.1, 0.15) is 34.4 Å². The van der Waals surface area contributed by atoms with Gasteiger partial charge in [-0.3, -0.25) is 14.2 Å². The Morgan fingerprint density at radius 1 is 0.949 bits per heavy atom. The molecular formula is C31H27N3O4S. The van der Waals surface area contributed by atoms with Gasteiger partial charge in [0.05, 0.1) is 12.5 Å². The number of aromatic nitrogens is 2. The van der Waals surface area contributed by atoms with Crippen molar-refractivity contribution in [3.05, 3.63) is 99.7 Å². The number of thiophene rings is 1. The molecule has 1 N–H and O–H groups in total. The maximum absolute atomic E-state index is 13.9. The highest BCUT2D eigenvalue weighted by Crippen LogP contribution is 2.35. The molecule has 0 saturated heterocycles. The van der Waals surface area contributed by atoms with Crippen LogP contribution in [0.25, 0.3) is 21.6 Å². The van der Waals surface area contributed by atoms with Crippen molar-refractivity contribution in [1.82, 2.24) is 9.55 Å². The highest BCUT2D eigenvalue weighted by Gasteiger charge is 2.23. The molecule has 0 aliphatic heterocycles. The van der Waals surface area contributed by atoms with Crippen molar-refractivity contribution in [3.63, 3.8) is 0 Å². The van der Waals surface area contributed by atoms with Gasteiger partial charge in [-0.25, -0.2) is 4.98 Å². The van der Waals surface area contributed by atoms with E-state index in [0.29, 0.717) is 28.4 Å². The molecule has 1 aliphatic carbocycles. The summed E-state index contributed by atoms with van der Waals surface area (Å²) in [4.78, 5) is 34.0.